The molecule has 0 atom stereocenters. The van der Waals surface area contributed by atoms with E-state index in [0.29, 0.717) is 11.6 Å². The Morgan fingerprint density at radius 2 is 1.91 bits per heavy atom. The molecule has 5 heteroatoms. The Labute approximate surface area is 132 Å². The molecule has 1 N–H and O–H groups in total. The Morgan fingerprint density at radius 3 is 2.59 bits per heavy atom. The van der Waals surface area contributed by atoms with Gasteiger partial charge in [-0.25, -0.2) is 4.79 Å². The molecule has 0 saturated carbocycles. The van der Waals surface area contributed by atoms with Crippen LogP contribution in [0.25, 0.3) is 10.9 Å². The lowest BCUT2D eigenvalue weighted by atomic mass is 10.1. The molecular weight excluding hydrogens is 302 g/mol. The summed E-state index contributed by atoms with van der Waals surface area (Å²) in [6.07, 6.45) is 0. The predicted molar refractivity (Wildman–Crippen MR) is 85.7 cm³/mol. The first-order valence-electron chi connectivity index (χ1n) is 6.74. The van der Waals surface area contributed by atoms with E-state index in [1.165, 1.54) is 0 Å². The van der Waals surface area contributed by atoms with E-state index in [1.54, 1.807) is 24.3 Å². The third-order valence-corrected chi connectivity index (χ3v) is 3.84. The summed E-state index contributed by atoms with van der Waals surface area (Å²) in [5.41, 5.74) is 2.22. The number of rotatable bonds is 4. The minimum atomic E-state index is -0.926. The van der Waals surface area contributed by atoms with Crippen molar-refractivity contribution in [2.24, 2.45) is 7.05 Å². The number of nitrogens with zero attached hydrogens (tertiary/aromatic N) is 1. The lowest BCUT2D eigenvalue weighted by Crippen LogP contribution is -2.01. The molecule has 0 aliphatic carbocycles. The van der Waals surface area contributed by atoms with Crippen molar-refractivity contribution in [2.75, 3.05) is 0 Å². The summed E-state index contributed by atoms with van der Waals surface area (Å²) in [4.78, 5) is 11.0. The van der Waals surface area contributed by atoms with Crippen LogP contribution < -0.4 is 4.74 Å². The number of carboxylic acid groups (broad SMARTS) is 1. The number of aromatic carboxylic acids is 1. The summed E-state index contributed by atoms with van der Waals surface area (Å²) in [5, 5.41) is 10.6. The number of ether oxygens (including phenoxy) is 1. The topological polar surface area (TPSA) is 51.5 Å². The molecule has 0 radical (unpaired) electrons. The minimum Gasteiger partial charge on any atom is -0.487 e. The van der Waals surface area contributed by atoms with Gasteiger partial charge >= 0.3 is 5.97 Å². The SMILES string of the molecule is Cn1c(COc2ccc(Cl)cc2)cc2cc(C(=O)O)ccc21. The van der Waals surface area contributed by atoms with Crippen LogP contribution in [0.5, 0.6) is 5.75 Å². The second kappa shape index (κ2) is 5.73. The van der Waals surface area contributed by atoms with Crippen molar-refractivity contribution < 1.29 is 14.6 Å². The van der Waals surface area contributed by atoms with Crippen LogP contribution in [0.15, 0.2) is 48.5 Å². The first-order valence-corrected chi connectivity index (χ1v) is 7.12. The van der Waals surface area contributed by atoms with Crippen LogP contribution in [0, 0.1) is 0 Å². The average Bonchev–Trinajstić information content (AvgIpc) is 2.82. The molecule has 2 aromatic carbocycles. The predicted octanol–water partition coefficient (Wildman–Crippen LogP) is 4.11. The Kier molecular flexibility index (Phi) is 3.77. The van der Waals surface area contributed by atoms with Gasteiger partial charge in [0.1, 0.15) is 12.4 Å². The molecule has 0 aliphatic rings. The van der Waals surface area contributed by atoms with Gasteiger partial charge in [-0.3, -0.25) is 0 Å². The molecule has 0 aliphatic heterocycles. The fourth-order valence-electron chi connectivity index (χ4n) is 2.37. The Morgan fingerprint density at radius 1 is 1.18 bits per heavy atom. The van der Waals surface area contributed by atoms with E-state index in [9.17, 15) is 4.79 Å². The zero-order chi connectivity index (χ0) is 15.7. The van der Waals surface area contributed by atoms with Gasteiger partial charge in [0.05, 0.1) is 11.3 Å². The Balaban J connectivity index is 1.86. The average molecular weight is 316 g/mol. The summed E-state index contributed by atoms with van der Waals surface area (Å²) >= 11 is 5.84. The number of fused-ring (bicyclic) bond motifs is 1. The number of benzene rings is 2. The van der Waals surface area contributed by atoms with Crippen LogP contribution in [0.1, 0.15) is 16.1 Å². The number of carboxylic acids is 1. The van der Waals surface area contributed by atoms with E-state index in [4.69, 9.17) is 21.4 Å². The summed E-state index contributed by atoms with van der Waals surface area (Å²) in [6, 6.07) is 14.2. The van der Waals surface area contributed by atoms with Crippen molar-refractivity contribution >= 4 is 28.5 Å². The van der Waals surface area contributed by atoms with Crippen LogP contribution in [0.2, 0.25) is 5.02 Å². The summed E-state index contributed by atoms with van der Waals surface area (Å²) in [5.74, 6) is -0.189. The molecule has 1 aromatic heterocycles. The highest BCUT2D eigenvalue weighted by Gasteiger charge is 2.09. The van der Waals surface area contributed by atoms with Gasteiger partial charge in [0.25, 0.3) is 0 Å². The lowest BCUT2D eigenvalue weighted by molar-refractivity contribution is 0.0697. The molecule has 112 valence electrons. The highest BCUT2D eigenvalue weighted by Crippen LogP contribution is 2.22. The van der Waals surface area contributed by atoms with E-state index in [-0.39, 0.29) is 5.56 Å². The normalized spacial score (nSPS) is 10.8. The second-order valence-corrected chi connectivity index (χ2v) is 5.45. The van der Waals surface area contributed by atoms with E-state index >= 15 is 0 Å². The maximum atomic E-state index is 11.0. The van der Waals surface area contributed by atoms with E-state index < -0.39 is 5.97 Å². The minimum absolute atomic E-state index is 0.281. The second-order valence-electron chi connectivity index (χ2n) is 5.02. The molecule has 0 fully saturated rings. The molecule has 3 rings (SSSR count). The highest BCUT2D eigenvalue weighted by atomic mass is 35.5. The molecule has 0 saturated heterocycles. The zero-order valence-electron chi connectivity index (χ0n) is 11.9. The fourth-order valence-corrected chi connectivity index (χ4v) is 2.49. The van der Waals surface area contributed by atoms with Crippen molar-refractivity contribution in [1.82, 2.24) is 4.57 Å². The third kappa shape index (κ3) is 2.78. The molecule has 0 unspecified atom stereocenters. The van der Waals surface area contributed by atoms with Gasteiger partial charge in [-0.15, -0.1) is 0 Å². The van der Waals surface area contributed by atoms with Crippen molar-refractivity contribution in [3.63, 3.8) is 0 Å². The van der Waals surface area contributed by atoms with E-state index in [0.717, 1.165) is 22.3 Å². The van der Waals surface area contributed by atoms with E-state index in [1.807, 2.05) is 35.9 Å². The lowest BCUT2D eigenvalue weighted by Gasteiger charge is -2.07. The maximum absolute atomic E-state index is 11.0. The molecule has 0 amide bonds. The first kappa shape index (κ1) is 14.5. The smallest absolute Gasteiger partial charge is 0.335 e. The van der Waals surface area contributed by atoms with Gasteiger partial charge in [0, 0.05) is 23.0 Å². The quantitative estimate of drug-likeness (QED) is 0.788. The van der Waals surface area contributed by atoms with Gasteiger partial charge in [-0.1, -0.05) is 11.6 Å². The zero-order valence-corrected chi connectivity index (χ0v) is 12.7. The Hall–Kier alpha value is -2.46. The Bertz CT molecular complexity index is 837. The number of halogens is 1. The number of hydrogen-bond acceptors (Lipinski definition) is 2. The van der Waals surface area contributed by atoms with Crippen LogP contribution in [-0.4, -0.2) is 15.6 Å². The van der Waals surface area contributed by atoms with Gasteiger partial charge in [-0.2, -0.15) is 0 Å². The van der Waals surface area contributed by atoms with Gasteiger partial charge in [-0.05, 0) is 48.5 Å². The van der Waals surface area contributed by atoms with Crippen molar-refractivity contribution in [3.8, 4) is 5.75 Å². The maximum Gasteiger partial charge on any atom is 0.335 e. The highest BCUT2D eigenvalue weighted by molar-refractivity contribution is 6.30. The third-order valence-electron chi connectivity index (χ3n) is 3.59. The van der Waals surface area contributed by atoms with Gasteiger partial charge < -0.3 is 14.4 Å². The van der Waals surface area contributed by atoms with Crippen LogP contribution in [0.4, 0.5) is 0 Å². The molecule has 22 heavy (non-hydrogen) atoms. The van der Waals surface area contributed by atoms with Crippen LogP contribution >= 0.6 is 11.6 Å². The number of aromatic nitrogens is 1. The first-order chi connectivity index (χ1) is 10.5. The molecule has 4 nitrogen and oxygen atoms in total. The van der Waals surface area contributed by atoms with Crippen molar-refractivity contribution in [1.29, 1.82) is 0 Å². The standard InChI is InChI=1S/C17H14ClNO3/c1-19-14(10-22-15-5-3-13(18)4-6-15)9-12-8-11(17(20)21)2-7-16(12)19/h2-9H,10H2,1H3,(H,20,21). The molecule has 0 bridgehead atoms. The van der Waals surface area contributed by atoms with Gasteiger partial charge in [0.15, 0.2) is 0 Å². The summed E-state index contributed by atoms with van der Waals surface area (Å²) in [7, 11) is 1.93. The van der Waals surface area contributed by atoms with Gasteiger partial charge in [0.2, 0.25) is 0 Å². The number of carbonyl (C=O) groups is 1. The molecule has 1 heterocycles. The van der Waals surface area contributed by atoms with Crippen LogP contribution in [-0.2, 0) is 13.7 Å². The fraction of sp³-hybridized carbons (Fsp3) is 0.118. The summed E-state index contributed by atoms with van der Waals surface area (Å²) < 4.78 is 7.74. The number of aryl methyl sites for hydroxylation is 1. The summed E-state index contributed by atoms with van der Waals surface area (Å²) in [6.45, 7) is 0.398. The van der Waals surface area contributed by atoms with E-state index in [2.05, 4.69) is 0 Å². The van der Waals surface area contributed by atoms with Crippen molar-refractivity contribution in [2.45, 2.75) is 6.61 Å². The molecular formula is C17H14ClNO3. The largest absolute Gasteiger partial charge is 0.487 e. The molecule has 0 spiro atoms. The molecule has 3 aromatic rings. The monoisotopic (exact) mass is 315 g/mol. The van der Waals surface area contributed by atoms with Crippen molar-refractivity contribution in [3.05, 3.63) is 64.8 Å². The number of hydrogen-bond donors (Lipinski definition) is 1. The van der Waals surface area contributed by atoms with Crippen LogP contribution in [0.3, 0.4) is 0 Å².